The fourth-order valence-corrected chi connectivity index (χ4v) is 7.43. The van der Waals surface area contributed by atoms with Crippen LogP contribution < -0.4 is 11.1 Å². The van der Waals surface area contributed by atoms with Crippen LogP contribution in [0.25, 0.3) is 0 Å². The van der Waals surface area contributed by atoms with Crippen LogP contribution in [0.2, 0.25) is 0 Å². The minimum Gasteiger partial charge on any atom is -0.387 e. The van der Waals surface area contributed by atoms with E-state index in [4.69, 9.17) is 14.8 Å². The molecule has 0 spiro atoms. The smallest absolute Gasteiger partial charge is 0.387 e. The third-order valence-corrected chi connectivity index (χ3v) is 11.3. The van der Waals surface area contributed by atoms with Crippen LogP contribution in [-0.2, 0) is 18.4 Å². The maximum absolute atomic E-state index is 12.8. The van der Waals surface area contributed by atoms with Crippen LogP contribution in [0.15, 0.2) is 72.9 Å². The number of hydrogen-bond acceptors (Lipinski definition) is 6. The number of aliphatic hydroxyl groups is 1. The van der Waals surface area contributed by atoms with E-state index in [0.717, 1.165) is 77.0 Å². The lowest BCUT2D eigenvalue weighted by atomic mass is 10.0. The van der Waals surface area contributed by atoms with Gasteiger partial charge in [-0.25, -0.2) is 4.57 Å². The second-order valence-corrected chi connectivity index (χ2v) is 17.4. The third-order valence-electron chi connectivity index (χ3n) is 10.3. The molecule has 0 saturated heterocycles. The van der Waals surface area contributed by atoms with Gasteiger partial charge in [0.1, 0.15) is 0 Å². The molecule has 0 aromatic rings. The quantitative estimate of drug-likeness (QED) is 0.0273. The Morgan fingerprint density at radius 1 is 0.576 bits per heavy atom. The summed E-state index contributed by atoms with van der Waals surface area (Å²) in [6, 6.07) is -0.889. The summed E-state index contributed by atoms with van der Waals surface area (Å²) in [7, 11) is -4.36. The maximum atomic E-state index is 12.8. The molecule has 3 atom stereocenters. The number of carbonyl (C=O) groups is 1. The van der Waals surface area contributed by atoms with Gasteiger partial charge in [0.2, 0.25) is 5.91 Å². The van der Waals surface area contributed by atoms with E-state index in [0.29, 0.717) is 6.42 Å². The number of hydrogen-bond donors (Lipinski definition) is 4. The summed E-state index contributed by atoms with van der Waals surface area (Å²) >= 11 is 0. The summed E-state index contributed by atoms with van der Waals surface area (Å²) in [5, 5.41) is 13.7. The summed E-state index contributed by atoms with van der Waals surface area (Å²) in [6.07, 6.45) is 59.6. The van der Waals surface area contributed by atoms with Gasteiger partial charge in [-0.05, 0) is 70.6 Å². The number of unbranched alkanes of at least 4 members (excludes halogenated alkanes) is 22. The molecular formula is C50H91N2O6P. The van der Waals surface area contributed by atoms with E-state index in [2.05, 4.69) is 79.9 Å². The molecule has 0 aliphatic rings. The highest BCUT2D eigenvalue weighted by Gasteiger charge is 2.26. The number of nitrogens with two attached hydrogens (primary N) is 1. The Labute approximate surface area is 363 Å². The molecular weight excluding hydrogens is 756 g/mol. The first-order valence-electron chi connectivity index (χ1n) is 24.1. The SMILES string of the molecule is CC/C=C\C/C=C\C/C=C\C/C=C\CCCCCCCCC(=O)NC(COP(=O)(O)OCCN)C(O)/C=C/CC/C=C/CCCCCCCCCCCCCCCCC. The Morgan fingerprint density at radius 3 is 1.51 bits per heavy atom. The molecule has 3 unspecified atom stereocenters. The molecule has 0 rings (SSSR count). The maximum Gasteiger partial charge on any atom is 0.472 e. The number of carbonyl (C=O) groups excluding carboxylic acids is 1. The molecule has 0 aromatic carbocycles. The Bertz CT molecular complexity index is 1150. The predicted molar refractivity (Wildman–Crippen MR) is 253 cm³/mol. The van der Waals surface area contributed by atoms with E-state index in [9.17, 15) is 19.4 Å². The molecule has 342 valence electrons. The van der Waals surface area contributed by atoms with E-state index in [1.165, 1.54) is 109 Å². The van der Waals surface area contributed by atoms with Gasteiger partial charge in [-0.2, -0.15) is 0 Å². The molecule has 0 bridgehead atoms. The first-order valence-corrected chi connectivity index (χ1v) is 25.6. The van der Waals surface area contributed by atoms with Crippen molar-refractivity contribution in [2.75, 3.05) is 19.8 Å². The van der Waals surface area contributed by atoms with E-state index >= 15 is 0 Å². The summed E-state index contributed by atoms with van der Waals surface area (Å²) in [6.45, 7) is 3.99. The molecule has 0 aromatic heterocycles. The van der Waals surface area contributed by atoms with Crippen molar-refractivity contribution in [3.05, 3.63) is 72.9 Å². The lowest BCUT2D eigenvalue weighted by Gasteiger charge is -2.23. The van der Waals surface area contributed by atoms with E-state index in [-0.39, 0.29) is 25.7 Å². The number of allylic oxidation sites excluding steroid dienone is 11. The molecule has 1 amide bonds. The number of aliphatic hydroxyl groups excluding tert-OH is 1. The molecule has 0 heterocycles. The lowest BCUT2D eigenvalue weighted by Crippen LogP contribution is -2.45. The van der Waals surface area contributed by atoms with Crippen molar-refractivity contribution in [3.63, 3.8) is 0 Å². The van der Waals surface area contributed by atoms with Crippen molar-refractivity contribution in [1.82, 2.24) is 5.32 Å². The minimum atomic E-state index is -4.36. The van der Waals surface area contributed by atoms with Crippen molar-refractivity contribution in [2.45, 2.75) is 219 Å². The van der Waals surface area contributed by atoms with Gasteiger partial charge in [0.15, 0.2) is 0 Å². The molecule has 9 heteroatoms. The predicted octanol–water partition coefficient (Wildman–Crippen LogP) is 14.0. The van der Waals surface area contributed by atoms with Crippen LogP contribution in [0.4, 0.5) is 0 Å². The first kappa shape index (κ1) is 56.9. The molecule has 0 radical (unpaired) electrons. The minimum absolute atomic E-state index is 0.0681. The van der Waals surface area contributed by atoms with Crippen LogP contribution >= 0.6 is 7.82 Å². The van der Waals surface area contributed by atoms with Gasteiger partial charge in [-0.15, -0.1) is 0 Å². The molecule has 0 saturated carbocycles. The van der Waals surface area contributed by atoms with Crippen LogP contribution in [0.3, 0.4) is 0 Å². The fourth-order valence-electron chi connectivity index (χ4n) is 6.67. The molecule has 0 fully saturated rings. The van der Waals surface area contributed by atoms with Crippen LogP contribution in [0.1, 0.15) is 206 Å². The molecule has 8 nitrogen and oxygen atoms in total. The van der Waals surface area contributed by atoms with E-state index in [1.54, 1.807) is 6.08 Å². The zero-order chi connectivity index (χ0) is 43.2. The standard InChI is InChI=1S/C50H91N2O6P/c1-3-5-7-9-11-13-15-17-19-21-23-24-26-27-29-31-33-35-37-39-41-43-49(53)48(47-58-59(55,56)57-46-45-51)52-50(54)44-42-40-38-36-34-32-30-28-25-22-20-18-16-14-12-10-8-6-4-2/h6,8,12,14,18,20,25,28,33,35,41,43,48-49,53H,3-5,7,9-11,13,15-17,19,21-24,26-27,29-32,34,36-40,42,44-47,51H2,1-2H3,(H,52,54)(H,55,56)/b8-6-,14-12-,20-18-,28-25-,35-33+,43-41+. The van der Waals surface area contributed by atoms with Gasteiger partial charge < -0.3 is 21.1 Å². The molecule has 0 aliphatic carbocycles. The van der Waals surface area contributed by atoms with Gasteiger partial charge in [-0.3, -0.25) is 13.8 Å². The zero-order valence-corrected chi connectivity index (χ0v) is 38.9. The number of amides is 1. The second-order valence-electron chi connectivity index (χ2n) is 15.9. The monoisotopic (exact) mass is 847 g/mol. The first-order chi connectivity index (χ1) is 28.9. The highest BCUT2D eigenvalue weighted by molar-refractivity contribution is 7.47. The Kier molecular flexibility index (Phi) is 43.9. The van der Waals surface area contributed by atoms with Crippen molar-refractivity contribution in [3.8, 4) is 0 Å². The lowest BCUT2D eigenvalue weighted by molar-refractivity contribution is -0.123. The highest BCUT2D eigenvalue weighted by Crippen LogP contribution is 2.43. The van der Waals surface area contributed by atoms with Crippen molar-refractivity contribution < 1.29 is 28.4 Å². The Balaban J connectivity index is 4.23. The van der Waals surface area contributed by atoms with Gasteiger partial charge >= 0.3 is 7.82 Å². The van der Waals surface area contributed by atoms with Crippen molar-refractivity contribution >= 4 is 13.7 Å². The van der Waals surface area contributed by atoms with Gasteiger partial charge in [-0.1, -0.05) is 202 Å². The molecule has 59 heavy (non-hydrogen) atoms. The zero-order valence-electron chi connectivity index (χ0n) is 38.0. The van der Waals surface area contributed by atoms with Crippen LogP contribution in [0, 0.1) is 0 Å². The third kappa shape index (κ3) is 43.8. The Hall–Kier alpha value is -2.06. The largest absolute Gasteiger partial charge is 0.472 e. The number of rotatable bonds is 44. The molecule has 5 N–H and O–H groups in total. The second kappa shape index (κ2) is 45.5. The van der Waals surface area contributed by atoms with Crippen molar-refractivity contribution in [1.29, 1.82) is 0 Å². The van der Waals surface area contributed by atoms with E-state index < -0.39 is 20.0 Å². The van der Waals surface area contributed by atoms with Gasteiger partial charge in [0.25, 0.3) is 0 Å². The summed E-state index contributed by atoms with van der Waals surface area (Å²) < 4.78 is 22.2. The van der Waals surface area contributed by atoms with Gasteiger partial charge in [0.05, 0.1) is 25.4 Å². The topological polar surface area (TPSA) is 131 Å². The number of phosphoric ester groups is 1. The average molecular weight is 847 g/mol. The Morgan fingerprint density at radius 2 is 1.00 bits per heavy atom. The van der Waals surface area contributed by atoms with E-state index in [1.807, 2.05) is 6.08 Å². The van der Waals surface area contributed by atoms with Crippen LogP contribution in [-0.4, -0.2) is 47.8 Å². The number of nitrogens with one attached hydrogen (secondary N) is 1. The van der Waals surface area contributed by atoms with Crippen LogP contribution in [0.5, 0.6) is 0 Å². The summed E-state index contributed by atoms with van der Waals surface area (Å²) in [5.41, 5.74) is 5.38. The average Bonchev–Trinajstić information content (AvgIpc) is 3.22. The normalized spacial score (nSPS) is 14.6. The fraction of sp³-hybridized carbons (Fsp3) is 0.740. The van der Waals surface area contributed by atoms with Gasteiger partial charge in [0, 0.05) is 13.0 Å². The van der Waals surface area contributed by atoms with Crippen molar-refractivity contribution in [2.24, 2.45) is 5.73 Å². The number of phosphoric acid groups is 1. The molecule has 0 aliphatic heterocycles. The summed E-state index contributed by atoms with van der Waals surface area (Å²) in [5.74, 6) is -0.220. The summed E-state index contributed by atoms with van der Waals surface area (Å²) in [4.78, 5) is 22.8. The highest BCUT2D eigenvalue weighted by atomic mass is 31.2.